The number of aryl methyl sites for hydroxylation is 2. The maximum Gasteiger partial charge on any atom is 0.321 e. The summed E-state index contributed by atoms with van der Waals surface area (Å²) < 4.78 is 5.29. The standard InChI is InChI=1S/C10H15N3O3S/c1-4-11-9(15)13-8(14)5-17-10-12-6(2)7(3)16-10/h4-5H2,1-3H3,(H2,11,13,14,15). The van der Waals surface area contributed by atoms with Crippen molar-refractivity contribution in [3.05, 3.63) is 11.5 Å². The van der Waals surface area contributed by atoms with Crippen LogP contribution in [-0.2, 0) is 4.79 Å². The summed E-state index contributed by atoms with van der Waals surface area (Å²) in [5, 5.41) is 5.10. The summed E-state index contributed by atoms with van der Waals surface area (Å²) in [6, 6.07) is -0.488. The highest BCUT2D eigenvalue weighted by molar-refractivity contribution is 7.99. The Balaban J connectivity index is 2.35. The molecule has 0 radical (unpaired) electrons. The fourth-order valence-corrected chi connectivity index (χ4v) is 1.71. The highest BCUT2D eigenvalue weighted by Gasteiger charge is 2.11. The number of nitrogens with one attached hydrogen (secondary N) is 2. The predicted molar refractivity (Wildman–Crippen MR) is 63.9 cm³/mol. The monoisotopic (exact) mass is 257 g/mol. The van der Waals surface area contributed by atoms with Gasteiger partial charge in [-0.3, -0.25) is 10.1 Å². The van der Waals surface area contributed by atoms with Crippen molar-refractivity contribution < 1.29 is 14.0 Å². The summed E-state index contributed by atoms with van der Waals surface area (Å²) in [7, 11) is 0. The zero-order chi connectivity index (χ0) is 12.8. The van der Waals surface area contributed by atoms with Gasteiger partial charge in [0.2, 0.25) is 5.91 Å². The molecule has 0 aromatic carbocycles. The summed E-state index contributed by atoms with van der Waals surface area (Å²) in [6.45, 7) is 5.89. The van der Waals surface area contributed by atoms with E-state index in [1.165, 1.54) is 0 Å². The minimum Gasteiger partial charge on any atom is -0.437 e. The second kappa shape index (κ2) is 6.29. The van der Waals surface area contributed by atoms with Crippen LogP contribution < -0.4 is 10.6 Å². The van der Waals surface area contributed by atoms with E-state index < -0.39 is 6.03 Å². The Labute approximate surface area is 104 Å². The van der Waals surface area contributed by atoms with Crippen LogP contribution in [0.1, 0.15) is 18.4 Å². The highest BCUT2D eigenvalue weighted by Crippen LogP contribution is 2.19. The first-order chi connectivity index (χ1) is 8.02. The summed E-state index contributed by atoms with van der Waals surface area (Å²) >= 11 is 1.15. The quantitative estimate of drug-likeness (QED) is 0.792. The Kier molecular flexibility index (Phi) is 5.02. The third-order valence-corrected chi connectivity index (χ3v) is 2.75. The van der Waals surface area contributed by atoms with Crippen molar-refractivity contribution in [2.75, 3.05) is 12.3 Å². The number of carbonyl (C=O) groups excluding carboxylic acids is 2. The Hall–Kier alpha value is -1.50. The minimum absolute atomic E-state index is 0.0938. The van der Waals surface area contributed by atoms with Gasteiger partial charge in [-0.15, -0.1) is 0 Å². The van der Waals surface area contributed by atoms with Gasteiger partial charge in [0, 0.05) is 6.54 Å². The first-order valence-corrected chi connectivity index (χ1v) is 6.16. The van der Waals surface area contributed by atoms with Crippen LogP contribution in [0.25, 0.3) is 0 Å². The Morgan fingerprint density at radius 3 is 2.65 bits per heavy atom. The van der Waals surface area contributed by atoms with E-state index >= 15 is 0 Å². The Bertz CT molecular complexity index is 397. The van der Waals surface area contributed by atoms with E-state index in [-0.39, 0.29) is 11.7 Å². The molecule has 1 heterocycles. The van der Waals surface area contributed by atoms with Gasteiger partial charge >= 0.3 is 6.03 Å². The number of imide groups is 1. The molecule has 3 amide bonds. The first kappa shape index (κ1) is 13.6. The fourth-order valence-electron chi connectivity index (χ4n) is 1.000. The molecule has 1 rings (SSSR count). The number of carbonyl (C=O) groups is 2. The van der Waals surface area contributed by atoms with Gasteiger partial charge in [0.25, 0.3) is 5.22 Å². The van der Waals surface area contributed by atoms with Crippen LogP contribution in [0.5, 0.6) is 0 Å². The molecule has 6 nitrogen and oxygen atoms in total. The molecule has 0 fully saturated rings. The van der Waals surface area contributed by atoms with E-state index in [9.17, 15) is 9.59 Å². The van der Waals surface area contributed by atoms with Gasteiger partial charge in [-0.2, -0.15) is 0 Å². The number of thioether (sulfide) groups is 1. The number of aromatic nitrogens is 1. The molecule has 7 heteroatoms. The molecule has 2 N–H and O–H groups in total. The zero-order valence-electron chi connectivity index (χ0n) is 9.99. The third kappa shape index (κ3) is 4.48. The van der Waals surface area contributed by atoms with Crippen molar-refractivity contribution in [1.82, 2.24) is 15.6 Å². The van der Waals surface area contributed by atoms with Crippen molar-refractivity contribution in [1.29, 1.82) is 0 Å². The summed E-state index contributed by atoms with van der Waals surface area (Å²) in [4.78, 5) is 26.5. The third-order valence-electron chi connectivity index (χ3n) is 1.93. The van der Waals surface area contributed by atoms with Gasteiger partial charge in [0.15, 0.2) is 0 Å². The lowest BCUT2D eigenvalue weighted by atomic mass is 10.4. The molecule has 1 aromatic heterocycles. The normalized spacial score (nSPS) is 10.1. The van der Waals surface area contributed by atoms with Gasteiger partial charge in [-0.05, 0) is 20.8 Å². The summed E-state index contributed by atoms with van der Waals surface area (Å²) in [5.74, 6) is 0.447. The van der Waals surface area contributed by atoms with Crippen molar-refractivity contribution in [2.24, 2.45) is 0 Å². The molecule has 94 valence electrons. The van der Waals surface area contributed by atoms with Gasteiger partial charge < -0.3 is 9.73 Å². The molecular formula is C10H15N3O3S. The first-order valence-electron chi connectivity index (χ1n) is 5.17. The molecule has 0 atom stereocenters. The predicted octanol–water partition coefficient (Wildman–Crippen LogP) is 1.23. The zero-order valence-corrected chi connectivity index (χ0v) is 10.8. The van der Waals surface area contributed by atoms with E-state index in [0.717, 1.165) is 23.2 Å². The number of nitrogens with zero attached hydrogens (tertiary/aromatic N) is 1. The smallest absolute Gasteiger partial charge is 0.321 e. The molecule has 0 aliphatic heterocycles. The van der Waals surface area contributed by atoms with E-state index in [0.29, 0.717) is 11.8 Å². The molecule has 0 aliphatic rings. The molecule has 0 spiro atoms. The van der Waals surface area contributed by atoms with Gasteiger partial charge in [-0.25, -0.2) is 9.78 Å². The largest absolute Gasteiger partial charge is 0.437 e. The lowest BCUT2D eigenvalue weighted by molar-refractivity contribution is -0.117. The summed E-state index contributed by atoms with van der Waals surface area (Å²) in [6.07, 6.45) is 0. The lowest BCUT2D eigenvalue weighted by Crippen LogP contribution is -2.40. The second-order valence-electron chi connectivity index (χ2n) is 3.32. The number of hydrogen-bond donors (Lipinski definition) is 2. The molecule has 1 aromatic rings. The van der Waals surface area contributed by atoms with Gasteiger partial charge in [0.1, 0.15) is 5.76 Å². The topological polar surface area (TPSA) is 84.2 Å². The fraction of sp³-hybridized carbons (Fsp3) is 0.500. The molecule has 0 saturated carbocycles. The van der Waals surface area contributed by atoms with Crippen LogP contribution in [0.15, 0.2) is 9.64 Å². The number of oxazole rings is 1. The minimum atomic E-state index is -0.488. The number of rotatable bonds is 4. The average molecular weight is 257 g/mol. The molecule has 0 unspecified atom stereocenters. The van der Waals surface area contributed by atoms with E-state index in [2.05, 4.69) is 15.6 Å². The maximum absolute atomic E-state index is 11.3. The second-order valence-corrected chi connectivity index (χ2v) is 4.24. The molecule has 17 heavy (non-hydrogen) atoms. The molecule has 0 bridgehead atoms. The molecule has 0 saturated heterocycles. The van der Waals surface area contributed by atoms with E-state index in [4.69, 9.17) is 4.42 Å². The van der Waals surface area contributed by atoms with Crippen molar-refractivity contribution in [3.8, 4) is 0 Å². The number of urea groups is 1. The lowest BCUT2D eigenvalue weighted by Gasteiger charge is -2.02. The number of hydrogen-bond acceptors (Lipinski definition) is 5. The van der Waals surface area contributed by atoms with Crippen LogP contribution in [-0.4, -0.2) is 29.2 Å². The van der Waals surface area contributed by atoms with Crippen molar-refractivity contribution >= 4 is 23.7 Å². The average Bonchev–Trinajstić information content (AvgIpc) is 2.56. The van der Waals surface area contributed by atoms with Crippen LogP contribution >= 0.6 is 11.8 Å². The van der Waals surface area contributed by atoms with Crippen molar-refractivity contribution in [2.45, 2.75) is 26.0 Å². The molecular weight excluding hydrogens is 242 g/mol. The maximum atomic E-state index is 11.3. The van der Waals surface area contributed by atoms with E-state index in [1.54, 1.807) is 13.8 Å². The highest BCUT2D eigenvalue weighted by atomic mass is 32.2. The van der Waals surface area contributed by atoms with E-state index in [1.807, 2.05) is 6.92 Å². The SMILES string of the molecule is CCNC(=O)NC(=O)CSc1nc(C)c(C)o1. The summed E-state index contributed by atoms with van der Waals surface area (Å²) in [5.41, 5.74) is 0.802. The molecule has 0 aliphatic carbocycles. The van der Waals surface area contributed by atoms with Crippen LogP contribution in [0.3, 0.4) is 0 Å². The van der Waals surface area contributed by atoms with Crippen LogP contribution in [0.2, 0.25) is 0 Å². The van der Waals surface area contributed by atoms with Crippen LogP contribution in [0, 0.1) is 13.8 Å². The Morgan fingerprint density at radius 1 is 1.41 bits per heavy atom. The Morgan fingerprint density at radius 2 is 2.12 bits per heavy atom. The van der Waals surface area contributed by atoms with Gasteiger partial charge in [-0.1, -0.05) is 11.8 Å². The number of amides is 3. The van der Waals surface area contributed by atoms with Gasteiger partial charge in [0.05, 0.1) is 11.4 Å². The van der Waals surface area contributed by atoms with Crippen LogP contribution in [0.4, 0.5) is 4.79 Å². The van der Waals surface area contributed by atoms with Crippen molar-refractivity contribution in [3.63, 3.8) is 0 Å².